The molecule has 72 valence electrons. The Labute approximate surface area is 91.3 Å². The van der Waals surface area contributed by atoms with Gasteiger partial charge in [-0.25, -0.2) is 4.57 Å². The molecule has 0 amide bonds. The van der Waals surface area contributed by atoms with E-state index in [4.69, 9.17) is 29.2 Å². The van der Waals surface area contributed by atoms with Crippen molar-refractivity contribution >= 4 is 40.6 Å². The van der Waals surface area contributed by atoms with E-state index in [0.29, 0.717) is 9.95 Å². The van der Waals surface area contributed by atoms with E-state index in [9.17, 15) is 0 Å². The fraction of sp³-hybridized carbons (Fsp3) is 0.111. The lowest BCUT2D eigenvalue weighted by molar-refractivity contribution is 0.398. The molecule has 1 aromatic heterocycles. The third-order valence-corrected chi connectivity index (χ3v) is 2.58. The number of imidazole rings is 1. The zero-order chi connectivity index (χ0) is 10.1. The monoisotopic (exact) mass is 224 g/mol. The third-order valence-electron chi connectivity index (χ3n) is 1.95. The summed E-state index contributed by atoms with van der Waals surface area (Å²) in [4.78, 5) is 3.05. The maximum absolute atomic E-state index is 5.14. The van der Waals surface area contributed by atoms with Crippen LogP contribution >= 0.6 is 24.4 Å². The van der Waals surface area contributed by atoms with E-state index in [-0.39, 0.29) is 0 Å². The second-order valence-electron chi connectivity index (χ2n) is 2.75. The van der Waals surface area contributed by atoms with Gasteiger partial charge in [-0.3, -0.25) is 0 Å². The first kappa shape index (κ1) is 9.36. The second kappa shape index (κ2) is 3.51. The van der Waals surface area contributed by atoms with Crippen molar-refractivity contribution in [2.45, 2.75) is 0 Å². The average Bonchev–Trinajstić information content (AvgIpc) is 2.53. The first-order valence-electron chi connectivity index (χ1n) is 4.02. The summed E-state index contributed by atoms with van der Waals surface area (Å²) in [5, 5.41) is 0.354. The van der Waals surface area contributed by atoms with Gasteiger partial charge in [0, 0.05) is 0 Å². The average molecular weight is 224 g/mol. The van der Waals surface area contributed by atoms with Crippen LogP contribution in [0.25, 0.3) is 11.0 Å². The lowest BCUT2D eigenvalue weighted by atomic mass is 10.3. The minimum atomic E-state index is 0.354. The second-order valence-corrected chi connectivity index (χ2v) is 3.49. The molecule has 1 aromatic carbocycles. The van der Waals surface area contributed by atoms with Crippen LogP contribution in [0.5, 0.6) is 0 Å². The molecule has 1 N–H and O–H groups in total. The highest BCUT2D eigenvalue weighted by Crippen LogP contribution is 2.13. The van der Waals surface area contributed by atoms with Crippen molar-refractivity contribution in [3.63, 3.8) is 0 Å². The maximum atomic E-state index is 5.14. The number of hydrogen-bond donors (Lipinski definition) is 1. The van der Waals surface area contributed by atoms with Crippen LogP contribution in [0, 0.1) is 4.77 Å². The Bertz CT molecular complexity index is 541. The molecule has 0 saturated carbocycles. The van der Waals surface area contributed by atoms with Crippen LogP contribution in [0.15, 0.2) is 24.3 Å². The van der Waals surface area contributed by atoms with E-state index in [1.54, 1.807) is 4.57 Å². The lowest BCUT2D eigenvalue weighted by Crippen LogP contribution is -2.10. The largest absolute Gasteiger partial charge is 0.474 e. The van der Waals surface area contributed by atoms with Crippen LogP contribution in [-0.2, 0) is 4.74 Å². The van der Waals surface area contributed by atoms with Crippen molar-refractivity contribution in [1.29, 1.82) is 0 Å². The SMILES string of the molecule is COC(=S)n1c(=S)[nH]c2ccccc21. The number of aromatic nitrogens is 2. The molecule has 1 heterocycles. The highest BCUT2D eigenvalue weighted by molar-refractivity contribution is 7.80. The molecule has 0 fully saturated rings. The number of hydrogen-bond acceptors (Lipinski definition) is 3. The van der Waals surface area contributed by atoms with Gasteiger partial charge in [-0.1, -0.05) is 12.1 Å². The number of nitrogens with zero attached hydrogens (tertiary/aromatic N) is 1. The number of thiocarbonyl (C=S) groups is 1. The summed E-state index contributed by atoms with van der Waals surface area (Å²) in [5.41, 5.74) is 1.89. The molecule has 0 aliphatic heterocycles. The summed E-state index contributed by atoms with van der Waals surface area (Å²) < 4.78 is 7.24. The Balaban J connectivity index is 2.81. The number of aromatic amines is 1. The van der Waals surface area contributed by atoms with Gasteiger partial charge in [-0.05, 0) is 36.6 Å². The summed E-state index contributed by atoms with van der Waals surface area (Å²) >= 11 is 10.2. The standard InChI is InChI=1S/C9H8N2OS2/c1-12-9(14)11-7-5-3-2-4-6(7)10-8(11)13/h2-5H,1H3,(H,10,13). The van der Waals surface area contributed by atoms with Crippen LogP contribution in [0.3, 0.4) is 0 Å². The van der Waals surface area contributed by atoms with E-state index in [1.807, 2.05) is 24.3 Å². The fourth-order valence-corrected chi connectivity index (χ4v) is 1.87. The molecule has 0 unspecified atom stereocenters. The molecule has 0 aliphatic rings. The van der Waals surface area contributed by atoms with Gasteiger partial charge in [0.25, 0.3) is 5.17 Å². The van der Waals surface area contributed by atoms with Crippen molar-refractivity contribution < 1.29 is 4.74 Å². The van der Waals surface area contributed by atoms with Crippen molar-refractivity contribution in [2.75, 3.05) is 7.11 Å². The molecule has 0 bridgehead atoms. The molecular formula is C9H8N2OS2. The molecule has 3 nitrogen and oxygen atoms in total. The van der Waals surface area contributed by atoms with E-state index >= 15 is 0 Å². The number of methoxy groups -OCH3 is 1. The van der Waals surface area contributed by atoms with Gasteiger partial charge < -0.3 is 9.72 Å². The Morgan fingerprint density at radius 3 is 2.86 bits per heavy atom. The number of nitrogens with one attached hydrogen (secondary N) is 1. The quantitative estimate of drug-likeness (QED) is 0.697. The number of benzene rings is 1. The minimum absolute atomic E-state index is 0.354. The summed E-state index contributed by atoms with van der Waals surface area (Å²) in [6.07, 6.45) is 0. The highest BCUT2D eigenvalue weighted by atomic mass is 32.1. The number of H-pyrrole nitrogens is 1. The molecule has 0 saturated heterocycles. The molecule has 0 aliphatic carbocycles. The van der Waals surface area contributed by atoms with Gasteiger partial charge in [0.1, 0.15) is 0 Å². The lowest BCUT2D eigenvalue weighted by Gasteiger charge is -2.03. The van der Waals surface area contributed by atoms with Crippen molar-refractivity contribution in [3.8, 4) is 0 Å². The third kappa shape index (κ3) is 1.34. The molecule has 5 heteroatoms. The van der Waals surface area contributed by atoms with Crippen LogP contribution < -0.4 is 0 Å². The smallest absolute Gasteiger partial charge is 0.270 e. The zero-order valence-corrected chi connectivity index (χ0v) is 9.11. The molecule has 0 atom stereocenters. The van der Waals surface area contributed by atoms with Gasteiger partial charge in [-0.15, -0.1) is 0 Å². The summed E-state index contributed by atoms with van der Waals surface area (Å²) in [6.45, 7) is 0. The number of rotatable bonds is 0. The Morgan fingerprint density at radius 1 is 1.43 bits per heavy atom. The van der Waals surface area contributed by atoms with Crippen molar-refractivity contribution in [3.05, 3.63) is 29.0 Å². The van der Waals surface area contributed by atoms with Crippen LogP contribution in [-0.4, -0.2) is 21.8 Å². The summed E-state index contributed by atoms with van der Waals surface area (Å²) in [7, 11) is 1.53. The summed E-state index contributed by atoms with van der Waals surface area (Å²) in [5.74, 6) is 0. The molecule has 0 spiro atoms. The van der Waals surface area contributed by atoms with Gasteiger partial charge >= 0.3 is 0 Å². The number of ether oxygens (including phenoxy) is 1. The first-order valence-corrected chi connectivity index (χ1v) is 4.84. The molecular weight excluding hydrogens is 216 g/mol. The van der Waals surface area contributed by atoms with Crippen LogP contribution in [0.4, 0.5) is 0 Å². The van der Waals surface area contributed by atoms with Gasteiger partial charge in [0.05, 0.1) is 18.1 Å². The Hall–Kier alpha value is -1.20. The van der Waals surface area contributed by atoms with Gasteiger partial charge in [0.15, 0.2) is 4.77 Å². The molecule has 2 aromatic rings. The normalized spacial score (nSPS) is 10.4. The Kier molecular flexibility index (Phi) is 2.35. The Morgan fingerprint density at radius 2 is 2.14 bits per heavy atom. The van der Waals surface area contributed by atoms with Crippen molar-refractivity contribution in [2.24, 2.45) is 0 Å². The maximum Gasteiger partial charge on any atom is 0.270 e. The van der Waals surface area contributed by atoms with E-state index in [0.717, 1.165) is 11.0 Å². The fourth-order valence-electron chi connectivity index (χ4n) is 1.33. The molecule has 2 rings (SSSR count). The van der Waals surface area contributed by atoms with E-state index in [1.165, 1.54) is 7.11 Å². The van der Waals surface area contributed by atoms with E-state index in [2.05, 4.69) is 4.98 Å². The molecule has 14 heavy (non-hydrogen) atoms. The zero-order valence-electron chi connectivity index (χ0n) is 7.48. The van der Waals surface area contributed by atoms with Crippen molar-refractivity contribution in [1.82, 2.24) is 9.55 Å². The topological polar surface area (TPSA) is 29.9 Å². The number of para-hydroxylation sites is 2. The highest BCUT2D eigenvalue weighted by Gasteiger charge is 2.07. The predicted octanol–water partition coefficient (Wildman–Crippen LogP) is 2.48. The number of fused-ring (bicyclic) bond motifs is 1. The van der Waals surface area contributed by atoms with Crippen LogP contribution in [0.1, 0.15) is 0 Å². The predicted molar refractivity (Wildman–Crippen MR) is 62.1 cm³/mol. The molecule has 0 radical (unpaired) electrons. The first-order chi connectivity index (χ1) is 6.74. The van der Waals surface area contributed by atoms with Gasteiger partial charge in [0.2, 0.25) is 0 Å². The van der Waals surface area contributed by atoms with Crippen LogP contribution in [0.2, 0.25) is 0 Å². The van der Waals surface area contributed by atoms with E-state index < -0.39 is 0 Å². The summed E-state index contributed by atoms with van der Waals surface area (Å²) in [6, 6.07) is 7.75. The van der Waals surface area contributed by atoms with Gasteiger partial charge in [-0.2, -0.15) is 0 Å². The minimum Gasteiger partial charge on any atom is -0.474 e.